The third-order valence-corrected chi connectivity index (χ3v) is 4.73. The summed E-state index contributed by atoms with van der Waals surface area (Å²) in [6, 6.07) is 7.33. The minimum Gasteiger partial charge on any atom is -0.325 e. The molecule has 27 heavy (non-hydrogen) atoms. The fraction of sp³-hybridized carbons (Fsp3) is 0.619. The molecule has 1 aliphatic rings. The van der Waals surface area contributed by atoms with Gasteiger partial charge in [-0.2, -0.15) is 0 Å². The van der Waals surface area contributed by atoms with Crippen LogP contribution in [-0.2, 0) is 4.79 Å². The van der Waals surface area contributed by atoms with E-state index in [1.54, 1.807) is 0 Å². The molecule has 1 heterocycles. The van der Waals surface area contributed by atoms with Crippen LogP contribution in [0.25, 0.3) is 0 Å². The third-order valence-electron chi connectivity index (χ3n) is 4.73. The van der Waals surface area contributed by atoms with Crippen molar-refractivity contribution < 1.29 is 9.59 Å². The van der Waals surface area contributed by atoms with Crippen molar-refractivity contribution in [1.82, 2.24) is 10.2 Å². The summed E-state index contributed by atoms with van der Waals surface area (Å²) in [7, 11) is 0. The standard InChI is InChI=1S/C21H34N4O2/c1-4-9-19(22-16(2)3)20(26)23-17-10-12-18(13-11-17)24-21(27)25-14-7-5-6-8-15-25/h10-13,16,19,22H,4-9,14-15H2,1-3H3,(H,23,26)(H,24,27)/t19-/m0/s1. The van der Waals surface area contributed by atoms with Gasteiger partial charge in [0.2, 0.25) is 5.91 Å². The van der Waals surface area contributed by atoms with Crippen LogP contribution in [0.3, 0.4) is 0 Å². The molecule has 0 radical (unpaired) electrons. The van der Waals surface area contributed by atoms with Gasteiger partial charge in [0.15, 0.2) is 0 Å². The number of nitrogens with zero attached hydrogens (tertiary/aromatic N) is 1. The maximum atomic E-state index is 12.5. The Morgan fingerprint density at radius 2 is 1.52 bits per heavy atom. The number of benzene rings is 1. The monoisotopic (exact) mass is 374 g/mol. The molecule has 1 aromatic carbocycles. The number of carbonyl (C=O) groups excluding carboxylic acids is 2. The normalized spacial score (nSPS) is 15.9. The largest absolute Gasteiger partial charge is 0.325 e. The predicted molar refractivity (Wildman–Crippen MR) is 111 cm³/mol. The third kappa shape index (κ3) is 7.21. The maximum absolute atomic E-state index is 12.5. The fourth-order valence-corrected chi connectivity index (χ4v) is 3.32. The zero-order chi connectivity index (χ0) is 19.6. The number of urea groups is 1. The van der Waals surface area contributed by atoms with E-state index in [1.807, 2.05) is 43.0 Å². The van der Waals surface area contributed by atoms with Crippen molar-refractivity contribution in [2.75, 3.05) is 23.7 Å². The molecule has 0 unspecified atom stereocenters. The molecule has 6 heteroatoms. The molecule has 0 aliphatic carbocycles. The van der Waals surface area contributed by atoms with Gasteiger partial charge < -0.3 is 20.9 Å². The van der Waals surface area contributed by atoms with Crippen LogP contribution in [-0.4, -0.2) is 42.0 Å². The zero-order valence-electron chi connectivity index (χ0n) is 16.9. The number of nitrogens with one attached hydrogen (secondary N) is 3. The van der Waals surface area contributed by atoms with Crippen LogP contribution in [0, 0.1) is 0 Å². The molecule has 3 N–H and O–H groups in total. The summed E-state index contributed by atoms with van der Waals surface area (Å²) in [4.78, 5) is 26.8. The summed E-state index contributed by atoms with van der Waals surface area (Å²) in [5.41, 5.74) is 1.48. The second kappa shape index (κ2) is 10.9. The van der Waals surface area contributed by atoms with Gasteiger partial charge in [-0.1, -0.05) is 40.0 Å². The SMILES string of the molecule is CCC[C@H](NC(C)C)C(=O)Nc1ccc(NC(=O)N2CCCCCC2)cc1. The molecule has 3 amide bonds. The van der Waals surface area contributed by atoms with E-state index in [9.17, 15) is 9.59 Å². The predicted octanol–water partition coefficient (Wildman–Crippen LogP) is 4.20. The Morgan fingerprint density at radius 3 is 2.04 bits per heavy atom. The van der Waals surface area contributed by atoms with Crippen LogP contribution in [0.4, 0.5) is 16.2 Å². The van der Waals surface area contributed by atoms with Crippen molar-refractivity contribution in [2.45, 2.75) is 71.4 Å². The van der Waals surface area contributed by atoms with Gasteiger partial charge in [0, 0.05) is 30.5 Å². The van der Waals surface area contributed by atoms with Crippen molar-refractivity contribution in [3.8, 4) is 0 Å². The van der Waals surface area contributed by atoms with Crippen molar-refractivity contribution in [2.24, 2.45) is 0 Å². The van der Waals surface area contributed by atoms with E-state index in [0.29, 0.717) is 0 Å². The van der Waals surface area contributed by atoms with Crippen molar-refractivity contribution in [3.05, 3.63) is 24.3 Å². The van der Waals surface area contributed by atoms with Gasteiger partial charge in [-0.25, -0.2) is 4.79 Å². The Kier molecular flexibility index (Phi) is 8.58. The summed E-state index contributed by atoms with van der Waals surface area (Å²) < 4.78 is 0. The second-order valence-corrected chi connectivity index (χ2v) is 7.56. The van der Waals surface area contributed by atoms with Crippen LogP contribution in [0.1, 0.15) is 59.3 Å². The van der Waals surface area contributed by atoms with E-state index in [2.05, 4.69) is 22.9 Å². The second-order valence-electron chi connectivity index (χ2n) is 7.56. The summed E-state index contributed by atoms with van der Waals surface area (Å²) in [5, 5.41) is 9.22. The molecule has 1 atom stereocenters. The summed E-state index contributed by atoms with van der Waals surface area (Å²) >= 11 is 0. The highest BCUT2D eigenvalue weighted by Crippen LogP contribution is 2.16. The van der Waals surface area contributed by atoms with Gasteiger partial charge in [0.1, 0.15) is 0 Å². The summed E-state index contributed by atoms with van der Waals surface area (Å²) in [6.07, 6.45) is 6.28. The average molecular weight is 375 g/mol. The minimum absolute atomic E-state index is 0.0214. The molecule has 6 nitrogen and oxygen atoms in total. The van der Waals surface area contributed by atoms with Gasteiger partial charge in [0.25, 0.3) is 0 Å². The molecule has 0 saturated carbocycles. The first-order valence-electron chi connectivity index (χ1n) is 10.2. The van der Waals surface area contributed by atoms with E-state index in [0.717, 1.165) is 50.1 Å². The van der Waals surface area contributed by atoms with Crippen LogP contribution in [0.2, 0.25) is 0 Å². The fourth-order valence-electron chi connectivity index (χ4n) is 3.32. The molecule has 1 aliphatic heterocycles. The Hall–Kier alpha value is -2.08. The number of rotatable bonds is 7. The molecule has 150 valence electrons. The molecule has 1 aromatic rings. The molecule has 0 aromatic heterocycles. The van der Waals surface area contributed by atoms with Gasteiger partial charge in [-0.15, -0.1) is 0 Å². The number of carbonyl (C=O) groups is 2. The number of amides is 3. The van der Waals surface area contributed by atoms with E-state index in [-0.39, 0.29) is 24.0 Å². The number of hydrogen-bond donors (Lipinski definition) is 3. The van der Waals surface area contributed by atoms with Gasteiger partial charge in [-0.05, 0) is 43.5 Å². The van der Waals surface area contributed by atoms with E-state index in [1.165, 1.54) is 12.8 Å². The summed E-state index contributed by atoms with van der Waals surface area (Å²) in [5.74, 6) is -0.0214. The van der Waals surface area contributed by atoms with Crippen molar-refractivity contribution in [3.63, 3.8) is 0 Å². The average Bonchev–Trinajstić information content (AvgIpc) is 2.92. The molecule has 0 bridgehead atoms. The van der Waals surface area contributed by atoms with Gasteiger partial charge >= 0.3 is 6.03 Å². The molecule has 0 spiro atoms. The molecule has 1 saturated heterocycles. The first kappa shape index (κ1) is 21.2. The lowest BCUT2D eigenvalue weighted by Crippen LogP contribution is -2.43. The van der Waals surface area contributed by atoms with Crippen LogP contribution < -0.4 is 16.0 Å². The van der Waals surface area contributed by atoms with E-state index in [4.69, 9.17) is 0 Å². The highest BCUT2D eigenvalue weighted by Gasteiger charge is 2.18. The van der Waals surface area contributed by atoms with Gasteiger partial charge in [0.05, 0.1) is 6.04 Å². The highest BCUT2D eigenvalue weighted by atomic mass is 16.2. The van der Waals surface area contributed by atoms with Crippen molar-refractivity contribution in [1.29, 1.82) is 0 Å². The molecule has 2 rings (SSSR count). The van der Waals surface area contributed by atoms with Crippen LogP contribution in [0.15, 0.2) is 24.3 Å². The number of hydrogen-bond acceptors (Lipinski definition) is 3. The van der Waals surface area contributed by atoms with Crippen LogP contribution in [0.5, 0.6) is 0 Å². The zero-order valence-corrected chi connectivity index (χ0v) is 16.9. The number of likely N-dealkylation sites (tertiary alicyclic amines) is 1. The first-order valence-corrected chi connectivity index (χ1v) is 10.2. The number of anilines is 2. The lowest BCUT2D eigenvalue weighted by Gasteiger charge is -2.21. The van der Waals surface area contributed by atoms with E-state index < -0.39 is 0 Å². The molecular weight excluding hydrogens is 340 g/mol. The lowest BCUT2D eigenvalue weighted by atomic mass is 10.1. The Bertz CT molecular complexity index is 593. The van der Waals surface area contributed by atoms with Crippen molar-refractivity contribution >= 4 is 23.3 Å². The smallest absolute Gasteiger partial charge is 0.321 e. The molecule has 1 fully saturated rings. The Balaban J connectivity index is 1.89. The van der Waals surface area contributed by atoms with Gasteiger partial charge in [-0.3, -0.25) is 4.79 Å². The highest BCUT2D eigenvalue weighted by molar-refractivity contribution is 5.95. The Labute approximate surface area is 163 Å². The topological polar surface area (TPSA) is 73.5 Å². The quantitative estimate of drug-likeness (QED) is 0.670. The Morgan fingerprint density at radius 1 is 0.963 bits per heavy atom. The maximum Gasteiger partial charge on any atom is 0.321 e. The van der Waals surface area contributed by atoms with E-state index >= 15 is 0 Å². The first-order chi connectivity index (χ1) is 13.0. The van der Waals surface area contributed by atoms with Crippen LogP contribution >= 0.6 is 0 Å². The lowest BCUT2D eigenvalue weighted by molar-refractivity contribution is -0.118. The minimum atomic E-state index is -0.197. The summed E-state index contributed by atoms with van der Waals surface area (Å²) in [6.45, 7) is 7.79. The molecular formula is C21H34N4O2.